The zero-order valence-corrected chi connectivity index (χ0v) is 8.01. The lowest BCUT2D eigenvalue weighted by atomic mass is 9.98. The van der Waals surface area contributed by atoms with E-state index in [0.717, 1.165) is 12.8 Å². The fourth-order valence-corrected chi connectivity index (χ4v) is 1.25. The lowest BCUT2D eigenvalue weighted by molar-refractivity contribution is -0.121. The maximum absolute atomic E-state index is 10.8. The van der Waals surface area contributed by atoms with Crippen molar-refractivity contribution in [3.63, 3.8) is 0 Å². The van der Waals surface area contributed by atoms with Crippen LogP contribution in [-0.4, -0.2) is 5.91 Å². The van der Waals surface area contributed by atoms with Gasteiger partial charge in [0.25, 0.3) is 0 Å². The molecule has 71 valence electrons. The molecule has 0 saturated carbocycles. The molecule has 0 fully saturated rings. The van der Waals surface area contributed by atoms with Crippen LogP contribution in [0.3, 0.4) is 0 Å². The number of carbonyl (C=O) groups excluding carboxylic acids is 1. The van der Waals surface area contributed by atoms with Crippen molar-refractivity contribution in [3.05, 3.63) is 6.92 Å². The van der Waals surface area contributed by atoms with Crippen molar-refractivity contribution in [1.82, 2.24) is 0 Å². The maximum Gasteiger partial charge on any atom is 0.220 e. The first kappa shape index (κ1) is 11.5. The molecule has 2 heteroatoms. The Morgan fingerprint density at radius 2 is 2.08 bits per heavy atom. The summed E-state index contributed by atoms with van der Waals surface area (Å²) in [5, 5.41) is 0. The number of primary amides is 1. The van der Waals surface area contributed by atoms with Crippen LogP contribution in [0.25, 0.3) is 0 Å². The van der Waals surface area contributed by atoms with Crippen LogP contribution < -0.4 is 5.73 Å². The molecule has 0 aliphatic heterocycles. The van der Waals surface area contributed by atoms with E-state index < -0.39 is 0 Å². The summed E-state index contributed by atoms with van der Waals surface area (Å²) in [6.45, 7) is 5.88. The molecule has 0 aromatic heterocycles. The largest absolute Gasteiger partial charge is 0.369 e. The summed E-state index contributed by atoms with van der Waals surface area (Å²) in [4.78, 5) is 10.8. The quantitative estimate of drug-likeness (QED) is 0.585. The van der Waals surface area contributed by atoms with E-state index >= 15 is 0 Å². The highest BCUT2D eigenvalue weighted by Gasteiger charge is 2.11. The second-order valence-electron chi connectivity index (χ2n) is 3.24. The molecule has 0 bridgehead atoms. The molecule has 0 heterocycles. The van der Waals surface area contributed by atoms with Gasteiger partial charge in [0.1, 0.15) is 0 Å². The number of hydrogen-bond acceptors (Lipinski definition) is 1. The minimum Gasteiger partial charge on any atom is -0.369 e. The highest BCUT2D eigenvalue weighted by molar-refractivity contribution is 5.76. The van der Waals surface area contributed by atoms with Crippen molar-refractivity contribution in [3.8, 4) is 0 Å². The summed E-state index contributed by atoms with van der Waals surface area (Å²) >= 11 is 0. The maximum atomic E-state index is 10.8. The normalized spacial score (nSPS) is 12.8. The average molecular weight is 170 g/mol. The summed E-state index contributed by atoms with van der Waals surface area (Å²) in [5.41, 5.74) is 5.18. The van der Waals surface area contributed by atoms with Crippen LogP contribution in [0.5, 0.6) is 0 Å². The third-order valence-electron chi connectivity index (χ3n) is 2.16. The predicted octanol–water partition coefficient (Wildman–Crippen LogP) is 2.28. The number of amides is 1. The van der Waals surface area contributed by atoms with Crippen molar-refractivity contribution in [2.24, 2.45) is 11.7 Å². The summed E-state index contributed by atoms with van der Waals surface area (Å²) in [5.74, 6) is -0.191. The molecule has 0 saturated heterocycles. The number of nitrogens with two attached hydrogens (primary N) is 1. The van der Waals surface area contributed by atoms with Crippen LogP contribution in [0.4, 0.5) is 0 Å². The second kappa shape index (κ2) is 7.14. The first-order valence-corrected chi connectivity index (χ1v) is 4.81. The van der Waals surface area contributed by atoms with E-state index in [1.165, 1.54) is 19.3 Å². The van der Waals surface area contributed by atoms with E-state index in [1.807, 2.05) is 0 Å². The molecule has 2 N–H and O–H groups in total. The number of carbonyl (C=O) groups is 1. The molecule has 0 rings (SSSR count). The standard InChI is InChI=1S/C10H20NO/c1-3-5-6-7-8-9(4-2)10(11)12/h9H,2-8H2,1H3,(H2,11,12). The Kier molecular flexibility index (Phi) is 6.82. The second-order valence-corrected chi connectivity index (χ2v) is 3.24. The van der Waals surface area contributed by atoms with Crippen molar-refractivity contribution < 1.29 is 4.79 Å². The number of rotatable bonds is 7. The van der Waals surface area contributed by atoms with Gasteiger partial charge in [0, 0.05) is 5.92 Å². The Morgan fingerprint density at radius 1 is 1.42 bits per heavy atom. The lowest BCUT2D eigenvalue weighted by Gasteiger charge is -2.09. The number of unbranched alkanes of at least 4 members (excludes halogenated alkanes) is 3. The minimum absolute atomic E-state index is 0.00172. The molecule has 1 radical (unpaired) electrons. The van der Waals surface area contributed by atoms with Crippen LogP contribution in [0, 0.1) is 12.8 Å². The van der Waals surface area contributed by atoms with E-state index in [0.29, 0.717) is 6.42 Å². The number of hydrogen-bond donors (Lipinski definition) is 1. The highest BCUT2D eigenvalue weighted by Crippen LogP contribution is 2.13. The van der Waals surface area contributed by atoms with Gasteiger partial charge in [-0.2, -0.15) is 0 Å². The molecule has 0 aromatic rings. The summed E-state index contributed by atoms with van der Waals surface area (Å²) < 4.78 is 0. The van der Waals surface area contributed by atoms with E-state index in [9.17, 15) is 4.79 Å². The Bertz CT molecular complexity index is 123. The molecule has 1 atom stereocenters. The first-order chi connectivity index (χ1) is 5.72. The van der Waals surface area contributed by atoms with Crippen LogP contribution >= 0.6 is 0 Å². The molecule has 1 unspecified atom stereocenters. The van der Waals surface area contributed by atoms with Gasteiger partial charge in [-0.15, -0.1) is 0 Å². The Morgan fingerprint density at radius 3 is 2.50 bits per heavy atom. The fraction of sp³-hybridized carbons (Fsp3) is 0.800. The van der Waals surface area contributed by atoms with Gasteiger partial charge in [-0.3, -0.25) is 4.79 Å². The van der Waals surface area contributed by atoms with Crippen molar-refractivity contribution in [2.75, 3.05) is 0 Å². The highest BCUT2D eigenvalue weighted by atomic mass is 16.1. The molecule has 2 nitrogen and oxygen atoms in total. The topological polar surface area (TPSA) is 43.1 Å². The smallest absolute Gasteiger partial charge is 0.220 e. The molecule has 1 amide bonds. The van der Waals surface area contributed by atoms with Gasteiger partial charge < -0.3 is 5.73 Å². The van der Waals surface area contributed by atoms with Crippen molar-refractivity contribution in [1.29, 1.82) is 0 Å². The van der Waals surface area contributed by atoms with Gasteiger partial charge in [0.2, 0.25) is 5.91 Å². The monoisotopic (exact) mass is 170 g/mol. The fourth-order valence-electron chi connectivity index (χ4n) is 1.25. The van der Waals surface area contributed by atoms with E-state index in [2.05, 4.69) is 13.8 Å². The van der Waals surface area contributed by atoms with Gasteiger partial charge in [-0.25, -0.2) is 0 Å². The van der Waals surface area contributed by atoms with Gasteiger partial charge in [-0.05, 0) is 12.8 Å². The van der Waals surface area contributed by atoms with E-state index in [-0.39, 0.29) is 11.8 Å². The van der Waals surface area contributed by atoms with Gasteiger partial charge >= 0.3 is 0 Å². The Hall–Kier alpha value is -0.530. The molecule has 0 aromatic carbocycles. The predicted molar refractivity (Wildman–Crippen MR) is 51.4 cm³/mol. The summed E-state index contributed by atoms with van der Waals surface area (Å²) in [6.07, 6.45) is 6.35. The summed E-state index contributed by atoms with van der Waals surface area (Å²) in [6, 6.07) is 0. The average Bonchev–Trinajstić information content (AvgIpc) is 2.04. The third-order valence-corrected chi connectivity index (χ3v) is 2.16. The molecule has 0 spiro atoms. The Labute approximate surface area is 75.5 Å². The van der Waals surface area contributed by atoms with Crippen molar-refractivity contribution in [2.45, 2.75) is 45.4 Å². The van der Waals surface area contributed by atoms with E-state index in [4.69, 9.17) is 5.73 Å². The molecule has 0 aliphatic carbocycles. The van der Waals surface area contributed by atoms with E-state index in [1.54, 1.807) is 0 Å². The van der Waals surface area contributed by atoms with Crippen LogP contribution in [0.2, 0.25) is 0 Å². The summed E-state index contributed by atoms with van der Waals surface area (Å²) in [7, 11) is 0. The molecule has 0 aliphatic rings. The third kappa shape index (κ3) is 5.16. The van der Waals surface area contributed by atoms with Crippen LogP contribution in [0.1, 0.15) is 45.4 Å². The van der Waals surface area contributed by atoms with Gasteiger partial charge in [0.05, 0.1) is 0 Å². The lowest BCUT2D eigenvalue weighted by Crippen LogP contribution is -2.22. The zero-order chi connectivity index (χ0) is 9.40. The molecule has 12 heavy (non-hydrogen) atoms. The molecular formula is C10H20NO. The Balaban J connectivity index is 3.38. The SMILES string of the molecule is [CH2]CC(CCCCCC)C(N)=O. The van der Waals surface area contributed by atoms with Gasteiger partial charge in [0.15, 0.2) is 0 Å². The zero-order valence-electron chi connectivity index (χ0n) is 8.01. The van der Waals surface area contributed by atoms with Crippen LogP contribution in [-0.2, 0) is 4.79 Å². The molecular weight excluding hydrogens is 150 g/mol. The minimum atomic E-state index is -0.193. The first-order valence-electron chi connectivity index (χ1n) is 4.81. The van der Waals surface area contributed by atoms with Gasteiger partial charge in [-0.1, -0.05) is 39.5 Å². The van der Waals surface area contributed by atoms with Crippen molar-refractivity contribution >= 4 is 5.91 Å². The van der Waals surface area contributed by atoms with Crippen LogP contribution in [0.15, 0.2) is 0 Å².